The summed E-state index contributed by atoms with van der Waals surface area (Å²) in [5, 5.41) is 0. The van der Waals surface area contributed by atoms with Crippen molar-refractivity contribution in [3.8, 4) is 0 Å². The molecule has 0 aromatic carbocycles. The Kier molecular flexibility index (Phi) is 66.4. The SMILES string of the molecule is CN(C)CCCCCCCCCCCCN(C)C.CN(C)CCCCCCCCN(C)C.CN(C)CCCCN(C)C.CN(C)CCN(C)C.CN(C)CCOCCOCCN(C)C. The highest BCUT2D eigenvalue weighted by Crippen LogP contribution is 2.11. The number of hydrogen-bond donors (Lipinski definition) is 0. The fourth-order valence-corrected chi connectivity index (χ4v) is 5.91. The van der Waals surface area contributed by atoms with Gasteiger partial charge in [-0.15, -0.1) is 0 Å². The normalized spacial score (nSPS) is 11.5. The van der Waals surface area contributed by atoms with Crippen LogP contribution in [0.15, 0.2) is 0 Å². The van der Waals surface area contributed by atoms with Crippen LogP contribution in [-0.4, -0.2) is 282 Å². The van der Waals surface area contributed by atoms with Crippen LogP contribution in [0.3, 0.4) is 0 Å². The zero-order valence-electron chi connectivity index (χ0n) is 47.9. The van der Waals surface area contributed by atoms with Crippen molar-refractivity contribution in [1.29, 1.82) is 0 Å². The Labute approximate surface area is 405 Å². The Morgan fingerprint density at radius 3 is 0.453 bits per heavy atom. The summed E-state index contributed by atoms with van der Waals surface area (Å²) in [6, 6.07) is 0. The summed E-state index contributed by atoms with van der Waals surface area (Å²) >= 11 is 0. The second-order valence-electron chi connectivity index (χ2n) is 20.6. The number of unbranched alkanes of at least 4 members (excludes halogenated alkanes) is 15. The third-order valence-electron chi connectivity index (χ3n) is 10.1. The van der Waals surface area contributed by atoms with Gasteiger partial charge in [-0.05, 0) is 219 Å². The summed E-state index contributed by atoms with van der Waals surface area (Å²) < 4.78 is 10.7. The third-order valence-corrected chi connectivity index (χ3v) is 10.1. The lowest BCUT2D eigenvalue weighted by molar-refractivity contribution is 0.0382. The molecule has 394 valence electrons. The van der Waals surface area contributed by atoms with Gasteiger partial charge in [0.05, 0.1) is 26.4 Å². The molecule has 0 spiro atoms. The quantitative estimate of drug-likeness (QED) is 0.0572. The van der Waals surface area contributed by atoms with Gasteiger partial charge in [0, 0.05) is 26.2 Å². The first kappa shape index (κ1) is 72.5. The van der Waals surface area contributed by atoms with Crippen LogP contribution >= 0.6 is 0 Å². The molecule has 0 aliphatic carbocycles. The van der Waals surface area contributed by atoms with Crippen LogP contribution in [0.4, 0.5) is 0 Å². The fraction of sp³-hybridized carbons (Fsp3) is 1.00. The van der Waals surface area contributed by atoms with Crippen molar-refractivity contribution in [3.63, 3.8) is 0 Å². The third kappa shape index (κ3) is 95.7. The van der Waals surface area contributed by atoms with E-state index in [1.165, 1.54) is 155 Å². The lowest BCUT2D eigenvalue weighted by atomic mass is 10.1. The van der Waals surface area contributed by atoms with Crippen LogP contribution in [0, 0.1) is 0 Å². The molecule has 0 amide bonds. The molecule has 64 heavy (non-hydrogen) atoms. The number of ether oxygens (including phenoxy) is 2. The van der Waals surface area contributed by atoms with E-state index in [0.717, 1.165) is 39.4 Å². The zero-order valence-corrected chi connectivity index (χ0v) is 47.9. The Morgan fingerprint density at radius 2 is 0.297 bits per heavy atom. The molecule has 0 radical (unpaired) electrons. The molecule has 0 aromatic rings. The van der Waals surface area contributed by atoms with Gasteiger partial charge in [-0.3, -0.25) is 0 Å². The molecule has 0 rings (SSSR count). The number of likely N-dealkylation sites (N-methyl/N-ethyl adjacent to an activating group) is 4. The molecular weight excluding hydrogens is 797 g/mol. The van der Waals surface area contributed by atoms with Crippen molar-refractivity contribution >= 4 is 0 Å². The second kappa shape index (κ2) is 58.6. The maximum Gasteiger partial charge on any atom is 0.0701 e. The Hall–Kier alpha value is -0.480. The van der Waals surface area contributed by atoms with Gasteiger partial charge in [0.25, 0.3) is 0 Å². The van der Waals surface area contributed by atoms with E-state index in [9.17, 15) is 0 Å². The smallest absolute Gasteiger partial charge is 0.0701 e. The minimum atomic E-state index is 0.696. The molecule has 0 heterocycles. The van der Waals surface area contributed by atoms with E-state index in [2.05, 4.69) is 162 Å². The topological polar surface area (TPSA) is 50.9 Å². The van der Waals surface area contributed by atoms with Crippen molar-refractivity contribution < 1.29 is 9.47 Å². The van der Waals surface area contributed by atoms with E-state index < -0.39 is 0 Å². The lowest BCUT2D eigenvalue weighted by Crippen LogP contribution is -2.25. The average molecular weight is 922 g/mol. The Morgan fingerprint density at radius 1 is 0.156 bits per heavy atom. The van der Waals surface area contributed by atoms with Gasteiger partial charge in [-0.1, -0.05) is 77.0 Å². The van der Waals surface area contributed by atoms with E-state index in [-0.39, 0.29) is 0 Å². The highest BCUT2D eigenvalue weighted by Gasteiger charge is 1.97. The summed E-state index contributed by atoms with van der Waals surface area (Å²) in [7, 11) is 42.2. The van der Waals surface area contributed by atoms with E-state index in [0.29, 0.717) is 13.2 Å². The summed E-state index contributed by atoms with van der Waals surface area (Å²) in [4.78, 5) is 22.1. The van der Waals surface area contributed by atoms with E-state index in [1.54, 1.807) is 0 Å². The molecule has 0 unspecified atom stereocenters. The van der Waals surface area contributed by atoms with E-state index in [1.807, 2.05) is 28.2 Å². The largest absolute Gasteiger partial charge is 0.378 e. The molecule has 12 heteroatoms. The van der Waals surface area contributed by atoms with Crippen molar-refractivity contribution in [2.75, 3.05) is 233 Å². The van der Waals surface area contributed by atoms with Gasteiger partial charge < -0.3 is 58.5 Å². The van der Waals surface area contributed by atoms with Crippen molar-refractivity contribution in [2.24, 2.45) is 0 Å². The van der Waals surface area contributed by atoms with Crippen LogP contribution in [0.1, 0.15) is 116 Å². The minimum Gasteiger partial charge on any atom is -0.378 e. The molecule has 0 N–H and O–H groups in total. The highest BCUT2D eigenvalue weighted by molar-refractivity contribution is 4.53. The van der Waals surface area contributed by atoms with Gasteiger partial charge in [0.1, 0.15) is 0 Å². The average Bonchev–Trinajstić information content (AvgIpc) is 3.18. The molecule has 0 aliphatic heterocycles. The monoisotopic (exact) mass is 921 g/mol. The van der Waals surface area contributed by atoms with Crippen molar-refractivity contribution in [1.82, 2.24) is 49.0 Å². The number of hydrogen-bond acceptors (Lipinski definition) is 12. The maximum absolute atomic E-state index is 5.37. The van der Waals surface area contributed by atoms with Crippen LogP contribution < -0.4 is 0 Å². The number of rotatable bonds is 39. The molecule has 0 bridgehead atoms. The highest BCUT2D eigenvalue weighted by atomic mass is 16.5. The van der Waals surface area contributed by atoms with Gasteiger partial charge in [0.2, 0.25) is 0 Å². The standard InChI is InChI=1S/C16H36N2.C12H28N2.C10H24N2O2.C8H20N2.C6H16N2/c1-17(2)15-13-11-9-7-5-6-8-10-12-14-16-18(3)4;1-13(2)11-9-7-5-6-8-10-12-14(3)4;1-11(2)5-7-13-9-10-14-8-6-12(3)4;1-9(2)7-5-6-8-10(3)4;1-7(2)5-6-8(3)4/h5-16H2,1-4H3;5-12H2,1-4H3;5-10H2,1-4H3;5-8H2,1-4H3;5-6H2,1-4H3. The molecule has 0 saturated carbocycles. The lowest BCUT2D eigenvalue weighted by Gasteiger charge is -2.13. The summed E-state index contributed by atoms with van der Waals surface area (Å²) in [5.74, 6) is 0. The van der Waals surface area contributed by atoms with Crippen LogP contribution in [-0.2, 0) is 9.47 Å². The van der Waals surface area contributed by atoms with Gasteiger partial charge in [-0.2, -0.15) is 0 Å². The van der Waals surface area contributed by atoms with Gasteiger partial charge in [0.15, 0.2) is 0 Å². The first-order valence-electron chi connectivity index (χ1n) is 25.8. The molecule has 0 fully saturated rings. The minimum absolute atomic E-state index is 0.696. The number of nitrogens with zero attached hydrogens (tertiary/aromatic N) is 10. The molecule has 0 atom stereocenters. The molecule has 0 saturated heterocycles. The predicted octanol–water partition coefficient (Wildman–Crippen LogP) is 7.60. The Balaban J connectivity index is -0.000000232. The molecular formula is C52H124N10O2. The second-order valence-corrected chi connectivity index (χ2v) is 20.6. The summed E-state index contributed by atoms with van der Waals surface area (Å²) in [6.07, 6.45) is 25.3. The zero-order chi connectivity index (χ0) is 49.8. The maximum atomic E-state index is 5.37. The van der Waals surface area contributed by atoms with E-state index in [4.69, 9.17) is 9.47 Å². The molecule has 0 aliphatic rings. The summed E-state index contributed by atoms with van der Waals surface area (Å²) in [6.45, 7) is 14.6. The predicted molar refractivity (Wildman–Crippen MR) is 290 cm³/mol. The van der Waals surface area contributed by atoms with Crippen LogP contribution in [0.2, 0.25) is 0 Å². The first-order valence-corrected chi connectivity index (χ1v) is 25.8. The van der Waals surface area contributed by atoms with E-state index >= 15 is 0 Å². The van der Waals surface area contributed by atoms with Gasteiger partial charge in [-0.25, -0.2) is 0 Å². The summed E-state index contributed by atoms with van der Waals surface area (Å²) in [5.41, 5.74) is 0. The molecule has 0 aromatic heterocycles. The van der Waals surface area contributed by atoms with Crippen molar-refractivity contribution in [3.05, 3.63) is 0 Å². The Bertz CT molecular complexity index is 708. The fourth-order valence-electron chi connectivity index (χ4n) is 5.91. The van der Waals surface area contributed by atoms with Crippen LogP contribution in [0.25, 0.3) is 0 Å². The van der Waals surface area contributed by atoms with Gasteiger partial charge >= 0.3 is 0 Å². The molecule has 12 nitrogen and oxygen atoms in total. The first-order chi connectivity index (χ1) is 30.1. The van der Waals surface area contributed by atoms with Crippen LogP contribution in [0.5, 0.6) is 0 Å². The van der Waals surface area contributed by atoms with Crippen molar-refractivity contribution in [2.45, 2.75) is 116 Å².